The summed E-state index contributed by atoms with van der Waals surface area (Å²) in [6, 6.07) is 6.91. The van der Waals surface area contributed by atoms with Crippen molar-refractivity contribution in [2.45, 2.75) is 71.8 Å². The molecule has 1 unspecified atom stereocenters. The van der Waals surface area contributed by atoms with E-state index in [4.69, 9.17) is 9.47 Å². The third-order valence-corrected chi connectivity index (χ3v) is 5.11. The zero-order valence-electron chi connectivity index (χ0n) is 20.8. The summed E-state index contributed by atoms with van der Waals surface area (Å²) < 4.78 is 37.0. The van der Waals surface area contributed by atoms with Crippen LogP contribution in [0, 0.1) is 5.92 Å². The lowest BCUT2D eigenvalue weighted by Crippen LogP contribution is -2.43. The molecule has 0 radical (unpaired) electrons. The second-order valence-electron chi connectivity index (χ2n) is 8.93. The standard InChI is InChI=1S/C25H40F2N2O5/c1-5-33-22(23(30)31)17-20-9-11-21(12-10-20)34-16-15-29(24(32)28-18-19(2)3)14-8-6-7-13-25(4,26)27/h9-12,19,22H,5-8,13-18H2,1-4H3,(H,28,32)(H,30,31). The zero-order chi connectivity index (χ0) is 25.6. The molecule has 1 aromatic rings. The molecule has 0 aliphatic heterocycles. The lowest BCUT2D eigenvalue weighted by molar-refractivity contribution is -0.149. The Kier molecular flexibility index (Phi) is 13.5. The van der Waals surface area contributed by atoms with Crippen molar-refractivity contribution in [1.82, 2.24) is 10.2 Å². The molecule has 2 amide bonds. The molecule has 0 spiro atoms. The van der Waals surface area contributed by atoms with Gasteiger partial charge in [0.2, 0.25) is 5.92 Å². The molecule has 194 valence electrons. The van der Waals surface area contributed by atoms with Crippen LogP contribution < -0.4 is 10.1 Å². The number of alkyl halides is 2. The lowest BCUT2D eigenvalue weighted by Gasteiger charge is -2.24. The van der Waals surface area contributed by atoms with E-state index in [9.17, 15) is 23.5 Å². The number of benzene rings is 1. The van der Waals surface area contributed by atoms with Gasteiger partial charge in [0.15, 0.2) is 6.10 Å². The van der Waals surface area contributed by atoms with Gasteiger partial charge < -0.3 is 24.8 Å². The van der Waals surface area contributed by atoms with Crippen LogP contribution in [0.3, 0.4) is 0 Å². The number of nitrogens with zero attached hydrogens (tertiary/aromatic N) is 1. The molecule has 34 heavy (non-hydrogen) atoms. The van der Waals surface area contributed by atoms with Gasteiger partial charge in [0.25, 0.3) is 0 Å². The van der Waals surface area contributed by atoms with Crippen molar-refractivity contribution < 1.29 is 33.0 Å². The largest absolute Gasteiger partial charge is 0.492 e. The molecule has 0 aliphatic carbocycles. The summed E-state index contributed by atoms with van der Waals surface area (Å²) in [5.74, 6) is -2.73. The Labute approximate surface area is 201 Å². The highest BCUT2D eigenvalue weighted by Crippen LogP contribution is 2.20. The monoisotopic (exact) mass is 486 g/mol. The number of carbonyl (C=O) groups is 2. The molecule has 0 bridgehead atoms. The number of hydrogen-bond donors (Lipinski definition) is 2. The summed E-state index contributed by atoms with van der Waals surface area (Å²) in [6.45, 7) is 8.68. The van der Waals surface area contributed by atoms with Gasteiger partial charge in [0.1, 0.15) is 12.4 Å². The van der Waals surface area contributed by atoms with Gasteiger partial charge in [0.05, 0.1) is 6.54 Å². The van der Waals surface area contributed by atoms with Crippen LogP contribution in [0.15, 0.2) is 24.3 Å². The normalized spacial score (nSPS) is 12.4. The van der Waals surface area contributed by atoms with Gasteiger partial charge in [-0.3, -0.25) is 0 Å². The molecule has 0 aliphatic rings. The molecular formula is C25H40F2N2O5. The maximum absolute atomic E-state index is 13.0. The summed E-state index contributed by atoms with van der Waals surface area (Å²) in [5, 5.41) is 12.1. The minimum atomic E-state index is -2.66. The van der Waals surface area contributed by atoms with E-state index in [0.717, 1.165) is 12.5 Å². The van der Waals surface area contributed by atoms with Crippen LogP contribution >= 0.6 is 0 Å². The van der Waals surface area contributed by atoms with E-state index in [-0.39, 0.29) is 25.5 Å². The van der Waals surface area contributed by atoms with Crippen molar-refractivity contribution in [2.75, 3.05) is 32.8 Å². The number of halogens is 2. The summed E-state index contributed by atoms with van der Waals surface area (Å²) in [4.78, 5) is 25.4. The third kappa shape index (κ3) is 13.3. The van der Waals surface area contributed by atoms with E-state index in [2.05, 4.69) is 5.32 Å². The van der Waals surface area contributed by atoms with Crippen molar-refractivity contribution in [3.05, 3.63) is 29.8 Å². The molecule has 1 rings (SSSR count). The average molecular weight is 487 g/mol. The zero-order valence-corrected chi connectivity index (χ0v) is 20.8. The highest BCUT2D eigenvalue weighted by atomic mass is 19.3. The number of amides is 2. The first-order valence-corrected chi connectivity index (χ1v) is 12.0. The number of aliphatic carboxylic acids is 1. The number of carboxylic acids is 1. The van der Waals surface area contributed by atoms with Crippen molar-refractivity contribution in [2.24, 2.45) is 5.92 Å². The fraction of sp³-hybridized carbons (Fsp3) is 0.680. The molecular weight excluding hydrogens is 446 g/mol. The number of ether oxygens (including phenoxy) is 2. The SMILES string of the molecule is CCOC(Cc1ccc(OCCN(CCCCCC(C)(F)F)C(=O)NCC(C)C)cc1)C(=O)O. The molecule has 2 N–H and O–H groups in total. The number of urea groups is 1. The van der Waals surface area contributed by atoms with Gasteiger partial charge in [-0.1, -0.05) is 32.4 Å². The predicted octanol–water partition coefficient (Wildman–Crippen LogP) is 4.98. The highest BCUT2D eigenvalue weighted by molar-refractivity contribution is 5.74. The Balaban J connectivity index is 2.55. The number of carbonyl (C=O) groups excluding carboxylic acids is 1. The van der Waals surface area contributed by atoms with E-state index >= 15 is 0 Å². The Morgan fingerprint density at radius 1 is 1.12 bits per heavy atom. The van der Waals surface area contributed by atoms with Gasteiger partial charge in [-0.05, 0) is 50.3 Å². The number of hydrogen-bond acceptors (Lipinski definition) is 4. The summed E-state index contributed by atoms with van der Waals surface area (Å²) in [5.41, 5.74) is 0.820. The van der Waals surface area contributed by atoms with Crippen LogP contribution in [0.25, 0.3) is 0 Å². The molecule has 0 aromatic heterocycles. The van der Waals surface area contributed by atoms with Crippen LogP contribution in [-0.2, 0) is 16.0 Å². The second-order valence-corrected chi connectivity index (χ2v) is 8.93. The molecule has 9 heteroatoms. The van der Waals surface area contributed by atoms with Crippen molar-refractivity contribution in [3.63, 3.8) is 0 Å². The van der Waals surface area contributed by atoms with Crippen LogP contribution in [0.2, 0.25) is 0 Å². The molecule has 0 heterocycles. The molecule has 7 nitrogen and oxygen atoms in total. The number of nitrogens with one attached hydrogen (secondary N) is 1. The Hall–Kier alpha value is -2.42. The fourth-order valence-electron chi connectivity index (χ4n) is 3.26. The lowest BCUT2D eigenvalue weighted by atomic mass is 10.1. The molecule has 0 saturated carbocycles. The van der Waals surface area contributed by atoms with Gasteiger partial charge in [0, 0.05) is 32.5 Å². The topological polar surface area (TPSA) is 88.1 Å². The Morgan fingerprint density at radius 2 is 1.79 bits per heavy atom. The summed E-state index contributed by atoms with van der Waals surface area (Å²) in [7, 11) is 0. The van der Waals surface area contributed by atoms with Crippen LogP contribution in [0.4, 0.5) is 13.6 Å². The van der Waals surface area contributed by atoms with Crippen LogP contribution in [0.5, 0.6) is 5.75 Å². The molecule has 0 saturated heterocycles. The van der Waals surface area contributed by atoms with E-state index < -0.39 is 18.0 Å². The molecule has 1 atom stereocenters. The minimum absolute atomic E-state index is 0.149. The van der Waals surface area contributed by atoms with Crippen molar-refractivity contribution in [1.29, 1.82) is 0 Å². The van der Waals surface area contributed by atoms with Crippen LogP contribution in [0.1, 0.15) is 58.9 Å². The minimum Gasteiger partial charge on any atom is -0.492 e. The summed E-state index contributed by atoms with van der Waals surface area (Å²) in [6.07, 6.45) is 0.905. The average Bonchev–Trinajstić information content (AvgIpc) is 2.76. The smallest absolute Gasteiger partial charge is 0.333 e. The Bertz CT molecular complexity index is 723. The van der Waals surface area contributed by atoms with E-state index in [1.54, 1.807) is 36.1 Å². The first-order valence-electron chi connectivity index (χ1n) is 12.0. The van der Waals surface area contributed by atoms with Crippen LogP contribution in [-0.4, -0.2) is 66.9 Å². The fourth-order valence-corrected chi connectivity index (χ4v) is 3.26. The predicted molar refractivity (Wildman–Crippen MR) is 128 cm³/mol. The maximum Gasteiger partial charge on any atom is 0.333 e. The Morgan fingerprint density at radius 3 is 2.35 bits per heavy atom. The van der Waals surface area contributed by atoms with Gasteiger partial charge in [-0.25, -0.2) is 18.4 Å². The van der Waals surface area contributed by atoms with Gasteiger partial charge >= 0.3 is 12.0 Å². The van der Waals surface area contributed by atoms with Crippen molar-refractivity contribution >= 4 is 12.0 Å². The van der Waals surface area contributed by atoms with Gasteiger partial charge in [-0.2, -0.15) is 0 Å². The van der Waals surface area contributed by atoms with Gasteiger partial charge in [-0.15, -0.1) is 0 Å². The first kappa shape index (κ1) is 29.6. The molecule has 0 fully saturated rings. The number of carboxylic acid groups (broad SMARTS) is 1. The number of rotatable bonds is 17. The highest BCUT2D eigenvalue weighted by Gasteiger charge is 2.20. The van der Waals surface area contributed by atoms with E-state index in [1.165, 1.54) is 0 Å². The quantitative estimate of drug-likeness (QED) is 0.303. The maximum atomic E-state index is 13.0. The number of unbranched alkanes of at least 4 members (excludes halogenated alkanes) is 2. The molecule has 1 aromatic carbocycles. The summed E-state index contributed by atoms with van der Waals surface area (Å²) >= 11 is 0. The van der Waals surface area contributed by atoms with E-state index in [0.29, 0.717) is 57.2 Å². The second kappa shape index (κ2) is 15.5. The van der Waals surface area contributed by atoms with E-state index in [1.807, 2.05) is 13.8 Å². The third-order valence-electron chi connectivity index (χ3n) is 5.11. The van der Waals surface area contributed by atoms with Crippen molar-refractivity contribution in [3.8, 4) is 5.75 Å². The first-order chi connectivity index (χ1) is 16.0.